The first-order valence-corrected chi connectivity index (χ1v) is 9.92. The monoisotopic (exact) mass is 446 g/mol. The molecule has 2 aromatic heterocycles. The molecule has 0 spiro atoms. The number of hydrogen-bond donors (Lipinski definition) is 2. The van der Waals surface area contributed by atoms with Crippen LogP contribution in [0.3, 0.4) is 0 Å². The number of fused-ring (bicyclic) bond motifs is 1. The third-order valence-electron chi connectivity index (χ3n) is 4.61. The van der Waals surface area contributed by atoms with Gasteiger partial charge in [0.2, 0.25) is 0 Å². The van der Waals surface area contributed by atoms with Crippen molar-refractivity contribution in [1.29, 1.82) is 0 Å². The summed E-state index contributed by atoms with van der Waals surface area (Å²) in [5, 5.41) is 12.6. The highest BCUT2D eigenvalue weighted by Crippen LogP contribution is 2.34. The van der Waals surface area contributed by atoms with Crippen molar-refractivity contribution in [3.8, 4) is 22.8 Å². The van der Waals surface area contributed by atoms with Crippen LogP contribution in [0.1, 0.15) is 17.3 Å². The van der Waals surface area contributed by atoms with Crippen molar-refractivity contribution in [2.75, 3.05) is 11.9 Å². The molecule has 0 aliphatic carbocycles. The summed E-state index contributed by atoms with van der Waals surface area (Å²) in [6.07, 6.45) is 2.16. The molecule has 2 heterocycles. The van der Waals surface area contributed by atoms with E-state index in [9.17, 15) is 19.5 Å². The molecule has 0 unspecified atom stereocenters. The predicted octanol–water partition coefficient (Wildman–Crippen LogP) is 4.35. The van der Waals surface area contributed by atoms with Crippen molar-refractivity contribution < 1.29 is 28.6 Å². The van der Waals surface area contributed by atoms with E-state index in [-0.39, 0.29) is 46.1 Å². The molecule has 0 aliphatic rings. The van der Waals surface area contributed by atoms with Gasteiger partial charge in [0.1, 0.15) is 28.2 Å². The van der Waals surface area contributed by atoms with Crippen LogP contribution in [0.15, 0.2) is 76.2 Å². The number of aromatic hydroxyl groups is 1. The quantitative estimate of drug-likeness (QED) is 0.342. The molecule has 4 aromatic rings. The van der Waals surface area contributed by atoms with Crippen LogP contribution in [0, 0.1) is 0 Å². The van der Waals surface area contributed by atoms with Crippen molar-refractivity contribution in [2.24, 2.45) is 0 Å². The van der Waals surface area contributed by atoms with Gasteiger partial charge in [0.05, 0.1) is 17.9 Å². The minimum Gasteiger partial charge on any atom is -0.507 e. The van der Waals surface area contributed by atoms with Crippen LogP contribution >= 0.6 is 0 Å². The Bertz CT molecular complexity index is 1400. The molecule has 0 fully saturated rings. The van der Waals surface area contributed by atoms with E-state index in [4.69, 9.17) is 13.9 Å². The summed E-state index contributed by atoms with van der Waals surface area (Å²) in [5.74, 6) is -0.559. The molecule has 0 radical (unpaired) electrons. The van der Waals surface area contributed by atoms with Crippen molar-refractivity contribution in [1.82, 2.24) is 4.98 Å². The van der Waals surface area contributed by atoms with Gasteiger partial charge in [0, 0.05) is 30.1 Å². The highest BCUT2D eigenvalue weighted by molar-refractivity contribution is 5.94. The predicted molar refractivity (Wildman–Crippen MR) is 119 cm³/mol. The summed E-state index contributed by atoms with van der Waals surface area (Å²) in [4.78, 5) is 40.9. The molecule has 4 rings (SSSR count). The molecule has 33 heavy (non-hydrogen) atoms. The highest BCUT2D eigenvalue weighted by atomic mass is 16.5. The van der Waals surface area contributed by atoms with Gasteiger partial charge in [-0.05, 0) is 43.3 Å². The maximum absolute atomic E-state index is 12.6. The van der Waals surface area contributed by atoms with Crippen LogP contribution in [0.25, 0.3) is 22.3 Å². The number of hydrogen-bond acceptors (Lipinski definition) is 8. The molecule has 0 bridgehead atoms. The lowest BCUT2D eigenvalue weighted by Crippen LogP contribution is -2.15. The Balaban J connectivity index is 1.76. The number of ether oxygens (including phenoxy) is 2. The first-order valence-electron chi connectivity index (χ1n) is 9.92. The minimum absolute atomic E-state index is 0.0446. The Morgan fingerprint density at radius 2 is 1.97 bits per heavy atom. The van der Waals surface area contributed by atoms with Gasteiger partial charge in [-0.1, -0.05) is 6.07 Å². The summed E-state index contributed by atoms with van der Waals surface area (Å²) >= 11 is 0. The van der Waals surface area contributed by atoms with Crippen molar-refractivity contribution in [3.63, 3.8) is 0 Å². The number of phenolic OH excluding ortho intramolecular Hbond substituents is 1. The van der Waals surface area contributed by atoms with Gasteiger partial charge in [-0.25, -0.2) is 9.59 Å². The molecule has 1 amide bonds. The highest BCUT2D eigenvalue weighted by Gasteiger charge is 2.17. The Labute approximate surface area is 187 Å². The second-order valence-electron chi connectivity index (χ2n) is 6.81. The van der Waals surface area contributed by atoms with Gasteiger partial charge in [-0.3, -0.25) is 15.1 Å². The number of amides is 1. The van der Waals surface area contributed by atoms with Crippen molar-refractivity contribution in [3.05, 3.63) is 82.8 Å². The lowest BCUT2D eigenvalue weighted by Gasteiger charge is -2.13. The number of esters is 1. The van der Waals surface area contributed by atoms with E-state index in [1.807, 2.05) is 0 Å². The Kier molecular flexibility index (Phi) is 6.03. The molecule has 2 N–H and O–H groups in total. The Morgan fingerprint density at radius 3 is 2.73 bits per heavy atom. The summed E-state index contributed by atoms with van der Waals surface area (Å²) in [6, 6.07) is 13.3. The molecule has 0 aliphatic heterocycles. The zero-order valence-corrected chi connectivity index (χ0v) is 17.4. The molecule has 0 saturated heterocycles. The van der Waals surface area contributed by atoms with Gasteiger partial charge < -0.3 is 19.0 Å². The number of pyridine rings is 1. The summed E-state index contributed by atoms with van der Waals surface area (Å²) in [5.41, 5.74) is 0.492. The second-order valence-corrected chi connectivity index (χ2v) is 6.81. The van der Waals surface area contributed by atoms with E-state index < -0.39 is 17.5 Å². The normalized spacial score (nSPS) is 10.6. The zero-order valence-electron chi connectivity index (χ0n) is 17.4. The minimum atomic E-state index is -0.740. The third kappa shape index (κ3) is 4.67. The van der Waals surface area contributed by atoms with E-state index in [1.165, 1.54) is 42.7 Å². The topological polar surface area (TPSA) is 128 Å². The molecular weight excluding hydrogens is 428 g/mol. The number of nitrogens with zero attached hydrogens (tertiary/aromatic N) is 1. The molecule has 0 atom stereocenters. The van der Waals surface area contributed by atoms with Gasteiger partial charge in [0.25, 0.3) is 0 Å². The molecule has 2 aromatic carbocycles. The number of anilines is 1. The van der Waals surface area contributed by atoms with Gasteiger partial charge in [-0.2, -0.15) is 0 Å². The maximum Gasteiger partial charge on any atom is 0.411 e. The molecule has 166 valence electrons. The number of carbonyl (C=O) groups is 2. The fraction of sp³-hybridized carbons (Fsp3) is 0.0833. The zero-order chi connectivity index (χ0) is 23.4. The molecular formula is C24H18N2O7. The molecule has 0 saturated carbocycles. The lowest BCUT2D eigenvalue weighted by atomic mass is 10.1. The summed E-state index contributed by atoms with van der Waals surface area (Å²) in [6.45, 7) is 1.79. The van der Waals surface area contributed by atoms with E-state index in [0.29, 0.717) is 5.56 Å². The van der Waals surface area contributed by atoms with Gasteiger partial charge in [0.15, 0.2) is 5.43 Å². The number of carbonyl (C=O) groups excluding carboxylic acids is 2. The van der Waals surface area contributed by atoms with E-state index in [0.717, 1.165) is 0 Å². The largest absolute Gasteiger partial charge is 0.507 e. The first kappa shape index (κ1) is 21.6. The smallest absolute Gasteiger partial charge is 0.411 e. The average Bonchev–Trinajstić information content (AvgIpc) is 2.80. The lowest BCUT2D eigenvalue weighted by molar-refractivity contribution is 0.0734. The number of phenols is 1. The van der Waals surface area contributed by atoms with E-state index in [2.05, 4.69) is 10.3 Å². The van der Waals surface area contributed by atoms with Crippen LogP contribution in [0.4, 0.5) is 10.5 Å². The third-order valence-corrected chi connectivity index (χ3v) is 4.61. The number of benzene rings is 2. The van der Waals surface area contributed by atoms with Crippen LogP contribution in [0.5, 0.6) is 11.5 Å². The SMILES string of the molecule is CCOC(=O)Nc1cc(OC(=O)c2cccnc2)ccc1-c1cc(=O)c2c(O)cccc2o1. The summed E-state index contributed by atoms with van der Waals surface area (Å²) in [7, 11) is 0. The van der Waals surface area contributed by atoms with E-state index >= 15 is 0 Å². The maximum atomic E-state index is 12.6. The summed E-state index contributed by atoms with van der Waals surface area (Å²) < 4.78 is 16.1. The average molecular weight is 446 g/mol. The van der Waals surface area contributed by atoms with Crippen LogP contribution < -0.4 is 15.5 Å². The number of nitrogens with one attached hydrogen (secondary N) is 1. The van der Waals surface area contributed by atoms with Crippen molar-refractivity contribution >= 4 is 28.7 Å². The molecule has 9 heteroatoms. The van der Waals surface area contributed by atoms with E-state index in [1.54, 1.807) is 31.2 Å². The Morgan fingerprint density at radius 1 is 1.12 bits per heavy atom. The number of aromatic nitrogens is 1. The van der Waals surface area contributed by atoms with Gasteiger partial charge >= 0.3 is 12.1 Å². The second kappa shape index (κ2) is 9.23. The molecule has 9 nitrogen and oxygen atoms in total. The first-order chi connectivity index (χ1) is 16.0. The standard InChI is InChI=1S/C24H18N2O7/c1-2-31-24(30)26-17-11-15(32-23(29)14-5-4-10-25-13-14)8-9-16(17)21-12-19(28)22-18(27)6-3-7-20(22)33-21/h3-13,27H,2H2,1H3,(H,26,30). The Hall–Kier alpha value is -4.66. The van der Waals surface area contributed by atoms with Crippen LogP contribution in [-0.2, 0) is 4.74 Å². The van der Waals surface area contributed by atoms with Gasteiger partial charge in [-0.15, -0.1) is 0 Å². The number of rotatable bonds is 5. The van der Waals surface area contributed by atoms with Crippen molar-refractivity contribution in [2.45, 2.75) is 6.92 Å². The fourth-order valence-electron chi connectivity index (χ4n) is 3.16. The fourth-order valence-corrected chi connectivity index (χ4v) is 3.16. The van der Waals surface area contributed by atoms with Crippen LogP contribution in [-0.4, -0.2) is 28.8 Å². The van der Waals surface area contributed by atoms with Crippen LogP contribution in [0.2, 0.25) is 0 Å².